The van der Waals surface area contributed by atoms with Crippen molar-refractivity contribution in [3.63, 3.8) is 0 Å². The van der Waals surface area contributed by atoms with E-state index in [2.05, 4.69) is 26.3 Å². The van der Waals surface area contributed by atoms with Gasteiger partial charge >= 0.3 is 0 Å². The Kier molecular flexibility index (Phi) is 14.4. The molecule has 4 aromatic rings. The van der Waals surface area contributed by atoms with Crippen molar-refractivity contribution in [2.24, 2.45) is 15.0 Å². The molecule has 0 aliphatic carbocycles. The number of aromatic hydroxyl groups is 1. The summed E-state index contributed by atoms with van der Waals surface area (Å²) in [6.07, 6.45) is 1.99. The molecule has 1 aliphatic heterocycles. The summed E-state index contributed by atoms with van der Waals surface area (Å²) in [5.41, 5.74) is 3.35. The Balaban J connectivity index is 1.11. The molecule has 12 nitrogen and oxygen atoms in total. The molecular formula is C39H42FN7O5. The van der Waals surface area contributed by atoms with E-state index in [4.69, 9.17) is 19.5 Å². The lowest BCUT2D eigenvalue weighted by Gasteiger charge is -2.16. The van der Waals surface area contributed by atoms with Gasteiger partial charge in [-0.15, -0.1) is 0 Å². The summed E-state index contributed by atoms with van der Waals surface area (Å²) < 4.78 is 24.4. The standard InChI is InChI=1S/C39H42FN7O5/c40-31-13-9-28(10-14-31)27-43-38(50)30-11-15-32(16-12-30)44-36-8-4-7-35(46-39(47-36)45-33-17-19-34(48)20-18-33)41-21-23-51-25-26-52-24-22-42-37(49)29-5-2-1-3-6-29/h1-3,5-6,9-20,48H,4,7-8,21-27H2,(H,42,49)(H,43,50)(H2,41,44,45,46,47). The molecule has 270 valence electrons. The van der Waals surface area contributed by atoms with Crippen LogP contribution in [0.2, 0.25) is 0 Å². The SMILES string of the molecule is O=C(NCCOCCOCCN=C1CCCC(Nc2ccc(C(=O)NCc3ccc(F)cc3)cc2)=NC(Nc2ccc(O)cc2)=N1)c1ccccc1. The van der Waals surface area contributed by atoms with E-state index in [1.165, 1.54) is 12.1 Å². The second kappa shape index (κ2) is 20.1. The van der Waals surface area contributed by atoms with E-state index >= 15 is 0 Å². The van der Waals surface area contributed by atoms with Crippen LogP contribution in [-0.4, -0.2) is 74.1 Å². The number of amides is 2. The number of anilines is 2. The number of guanidine groups is 1. The Morgan fingerprint density at radius 1 is 0.712 bits per heavy atom. The maximum atomic E-state index is 13.2. The van der Waals surface area contributed by atoms with Gasteiger partial charge in [-0.2, -0.15) is 9.98 Å². The molecule has 1 aliphatic rings. The summed E-state index contributed by atoms with van der Waals surface area (Å²) in [7, 11) is 0. The Bertz CT molecular complexity index is 1830. The van der Waals surface area contributed by atoms with Gasteiger partial charge in [0, 0.05) is 48.4 Å². The number of carbonyl (C=O) groups is 2. The number of halogens is 1. The summed E-state index contributed by atoms with van der Waals surface area (Å²) in [4.78, 5) is 38.9. The highest BCUT2D eigenvalue weighted by Gasteiger charge is 2.13. The van der Waals surface area contributed by atoms with Gasteiger partial charge in [-0.1, -0.05) is 30.3 Å². The molecule has 4 aromatic carbocycles. The van der Waals surface area contributed by atoms with Crippen LogP contribution in [0.3, 0.4) is 0 Å². The fourth-order valence-corrected chi connectivity index (χ4v) is 4.98. The molecular weight excluding hydrogens is 665 g/mol. The van der Waals surface area contributed by atoms with Crippen LogP contribution in [0.4, 0.5) is 15.8 Å². The highest BCUT2D eigenvalue weighted by atomic mass is 19.1. The summed E-state index contributed by atoms with van der Waals surface area (Å²) in [5, 5.41) is 21.9. The van der Waals surface area contributed by atoms with Gasteiger partial charge in [-0.25, -0.2) is 4.39 Å². The first-order valence-electron chi connectivity index (χ1n) is 17.1. The zero-order valence-electron chi connectivity index (χ0n) is 28.7. The molecule has 0 atom stereocenters. The molecule has 52 heavy (non-hydrogen) atoms. The van der Waals surface area contributed by atoms with Gasteiger partial charge in [0.2, 0.25) is 5.96 Å². The molecule has 0 unspecified atom stereocenters. The summed E-state index contributed by atoms with van der Waals surface area (Å²) in [6.45, 7) is 2.69. The number of phenolic OH excluding ortho intramolecular Hbond substituents is 1. The van der Waals surface area contributed by atoms with E-state index in [9.17, 15) is 19.1 Å². The number of benzene rings is 4. The fraction of sp³-hybridized carbons (Fsp3) is 0.256. The smallest absolute Gasteiger partial charge is 0.251 e. The Morgan fingerprint density at radius 3 is 2.12 bits per heavy atom. The molecule has 0 saturated heterocycles. The molecule has 13 heteroatoms. The van der Waals surface area contributed by atoms with Crippen LogP contribution >= 0.6 is 0 Å². The van der Waals surface area contributed by atoms with Crippen molar-refractivity contribution < 1.29 is 28.6 Å². The van der Waals surface area contributed by atoms with Crippen LogP contribution in [0, 0.1) is 5.82 Å². The molecule has 1 heterocycles. The van der Waals surface area contributed by atoms with Crippen molar-refractivity contribution in [1.29, 1.82) is 0 Å². The third kappa shape index (κ3) is 12.8. The highest BCUT2D eigenvalue weighted by Crippen LogP contribution is 2.17. The van der Waals surface area contributed by atoms with Crippen LogP contribution in [0.1, 0.15) is 45.5 Å². The predicted molar refractivity (Wildman–Crippen MR) is 201 cm³/mol. The second-order valence-electron chi connectivity index (χ2n) is 11.7. The van der Waals surface area contributed by atoms with E-state index < -0.39 is 0 Å². The lowest BCUT2D eigenvalue weighted by Crippen LogP contribution is -2.27. The van der Waals surface area contributed by atoms with Crippen molar-refractivity contribution in [3.05, 3.63) is 126 Å². The molecule has 2 amide bonds. The van der Waals surface area contributed by atoms with Crippen LogP contribution in [0.15, 0.2) is 118 Å². The maximum Gasteiger partial charge on any atom is 0.251 e. The topological polar surface area (TPSA) is 158 Å². The molecule has 0 bridgehead atoms. The van der Waals surface area contributed by atoms with Gasteiger partial charge in [-0.05, 0) is 84.8 Å². The van der Waals surface area contributed by atoms with Gasteiger partial charge in [0.1, 0.15) is 23.2 Å². The van der Waals surface area contributed by atoms with Crippen molar-refractivity contribution in [1.82, 2.24) is 10.6 Å². The lowest BCUT2D eigenvalue weighted by atomic mass is 10.1. The average Bonchev–Trinajstić information content (AvgIpc) is 3.15. The number of nitrogens with one attached hydrogen (secondary N) is 4. The number of amidine groups is 2. The fourth-order valence-electron chi connectivity index (χ4n) is 4.98. The Labute approximate surface area is 301 Å². The monoisotopic (exact) mass is 707 g/mol. The van der Waals surface area contributed by atoms with Crippen LogP contribution in [0.25, 0.3) is 0 Å². The van der Waals surface area contributed by atoms with Gasteiger partial charge in [-0.3, -0.25) is 14.6 Å². The third-order valence-corrected chi connectivity index (χ3v) is 7.69. The van der Waals surface area contributed by atoms with Crippen molar-refractivity contribution in [2.45, 2.75) is 25.8 Å². The van der Waals surface area contributed by atoms with E-state index in [-0.39, 0.29) is 23.4 Å². The summed E-state index contributed by atoms with van der Waals surface area (Å²) in [6, 6.07) is 28.7. The molecule has 0 spiro atoms. The molecule has 5 rings (SSSR count). The number of nitrogens with zero attached hydrogens (tertiary/aromatic N) is 3. The van der Waals surface area contributed by atoms with E-state index in [1.807, 2.05) is 18.2 Å². The Hall–Kier alpha value is -5.92. The predicted octanol–water partition coefficient (Wildman–Crippen LogP) is 5.79. The number of phenols is 1. The lowest BCUT2D eigenvalue weighted by molar-refractivity contribution is 0.0512. The summed E-state index contributed by atoms with van der Waals surface area (Å²) in [5.74, 6) is 1.10. The first-order valence-corrected chi connectivity index (χ1v) is 17.1. The minimum absolute atomic E-state index is 0.134. The zero-order chi connectivity index (χ0) is 36.4. The molecule has 5 N–H and O–H groups in total. The molecule has 0 fully saturated rings. The van der Waals surface area contributed by atoms with Crippen molar-refractivity contribution in [3.8, 4) is 5.75 Å². The first-order chi connectivity index (χ1) is 25.4. The second-order valence-corrected chi connectivity index (χ2v) is 11.7. The van der Waals surface area contributed by atoms with Crippen molar-refractivity contribution >= 4 is 40.8 Å². The molecule has 0 saturated carbocycles. The highest BCUT2D eigenvalue weighted by molar-refractivity contribution is 6.11. The average molecular weight is 708 g/mol. The van der Waals surface area contributed by atoms with Crippen LogP contribution in [0.5, 0.6) is 5.75 Å². The van der Waals surface area contributed by atoms with Crippen LogP contribution < -0.4 is 21.3 Å². The number of rotatable bonds is 15. The zero-order valence-corrected chi connectivity index (χ0v) is 28.7. The van der Waals surface area contributed by atoms with E-state index in [0.717, 1.165) is 17.7 Å². The number of carbonyl (C=O) groups excluding carboxylic acids is 2. The molecule has 0 aromatic heterocycles. The quantitative estimate of drug-likeness (QED) is 0.0774. The largest absolute Gasteiger partial charge is 0.508 e. The number of ether oxygens (including phenoxy) is 2. The van der Waals surface area contributed by atoms with Crippen LogP contribution in [-0.2, 0) is 16.0 Å². The van der Waals surface area contributed by atoms with Gasteiger partial charge < -0.3 is 35.8 Å². The van der Waals surface area contributed by atoms with Gasteiger partial charge in [0.15, 0.2) is 0 Å². The van der Waals surface area contributed by atoms with E-state index in [0.29, 0.717) is 93.3 Å². The molecule has 0 radical (unpaired) electrons. The number of hydrogen-bond donors (Lipinski definition) is 5. The Morgan fingerprint density at radius 2 is 1.37 bits per heavy atom. The minimum atomic E-state index is -0.323. The summed E-state index contributed by atoms with van der Waals surface area (Å²) >= 11 is 0. The van der Waals surface area contributed by atoms with Gasteiger partial charge in [0.25, 0.3) is 11.8 Å². The third-order valence-electron chi connectivity index (χ3n) is 7.69. The number of aliphatic imine (C=N–C) groups is 3. The number of hydrogen-bond acceptors (Lipinski definition) is 9. The van der Waals surface area contributed by atoms with Crippen molar-refractivity contribution in [2.75, 3.05) is 50.2 Å². The van der Waals surface area contributed by atoms with E-state index in [1.54, 1.807) is 72.8 Å². The maximum absolute atomic E-state index is 13.2. The normalized spacial score (nSPS) is 13.7. The minimum Gasteiger partial charge on any atom is -0.508 e. The van der Waals surface area contributed by atoms with Gasteiger partial charge in [0.05, 0.1) is 33.0 Å². The first kappa shape index (κ1) is 37.3.